The Morgan fingerprint density at radius 1 is 1.55 bits per heavy atom. The zero-order valence-electron chi connectivity index (χ0n) is 12.5. The van der Waals surface area contributed by atoms with Gasteiger partial charge in [0.05, 0.1) is 4.88 Å². The number of nitrogens with zero attached hydrogens (tertiary/aromatic N) is 1. The lowest BCUT2D eigenvalue weighted by Gasteiger charge is -2.37. The van der Waals surface area contributed by atoms with Crippen molar-refractivity contribution >= 4 is 29.7 Å². The molecule has 3 nitrogen and oxygen atoms in total. The number of thiophene rings is 1. The van der Waals surface area contributed by atoms with Crippen molar-refractivity contribution in [2.24, 2.45) is 11.7 Å². The second-order valence-electron chi connectivity index (χ2n) is 5.56. The Hall–Kier alpha value is -0.580. The van der Waals surface area contributed by atoms with Crippen molar-refractivity contribution < 1.29 is 4.79 Å². The second kappa shape index (κ2) is 7.43. The summed E-state index contributed by atoms with van der Waals surface area (Å²) in [7, 11) is 0. The van der Waals surface area contributed by atoms with Crippen LogP contribution in [-0.2, 0) is 6.42 Å². The maximum absolute atomic E-state index is 12.6. The van der Waals surface area contributed by atoms with Gasteiger partial charge in [-0.2, -0.15) is 0 Å². The van der Waals surface area contributed by atoms with Crippen LogP contribution in [0.25, 0.3) is 0 Å². The van der Waals surface area contributed by atoms with Crippen LogP contribution in [0.15, 0.2) is 6.07 Å². The number of nitrogens with two attached hydrogens (primary N) is 1. The molecule has 20 heavy (non-hydrogen) atoms. The SMILES string of the molecule is CCc1cc(C(=O)N2CCC(C)CC2CN)sc1C.Cl. The fourth-order valence-corrected chi connectivity index (χ4v) is 3.93. The zero-order chi connectivity index (χ0) is 14.0. The molecule has 1 saturated heterocycles. The van der Waals surface area contributed by atoms with Crippen LogP contribution in [0.3, 0.4) is 0 Å². The van der Waals surface area contributed by atoms with E-state index >= 15 is 0 Å². The summed E-state index contributed by atoms with van der Waals surface area (Å²) in [5.74, 6) is 0.851. The molecule has 0 saturated carbocycles. The van der Waals surface area contributed by atoms with Crippen LogP contribution in [0.5, 0.6) is 0 Å². The van der Waals surface area contributed by atoms with Gasteiger partial charge in [-0.1, -0.05) is 13.8 Å². The molecule has 1 aromatic rings. The summed E-state index contributed by atoms with van der Waals surface area (Å²) in [6.45, 7) is 7.89. The Labute approximate surface area is 131 Å². The van der Waals surface area contributed by atoms with E-state index in [0.717, 1.165) is 30.7 Å². The summed E-state index contributed by atoms with van der Waals surface area (Å²) >= 11 is 1.62. The maximum atomic E-state index is 12.6. The van der Waals surface area contributed by atoms with Gasteiger partial charge in [0.15, 0.2) is 0 Å². The Morgan fingerprint density at radius 3 is 2.80 bits per heavy atom. The van der Waals surface area contributed by atoms with E-state index in [1.54, 1.807) is 11.3 Å². The van der Waals surface area contributed by atoms with Crippen LogP contribution in [-0.4, -0.2) is 29.9 Å². The third kappa shape index (κ3) is 3.54. The van der Waals surface area contributed by atoms with Crippen molar-refractivity contribution in [3.05, 3.63) is 21.4 Å². The van der Waals surface area contributed by atoms with E-state index < -0.39 is 0 Å². The minimum atomic E-state index is 0. The summed E-state index contributed by atoms with van der Waals surface area (Å²) < 4.78 is 0. The van der Waals surface area contributed by atoms with Gasteiger partial charge in [0.2, 0.25) is 0 Å². The molecule has 2 unspecified atom stereocenters. The van der Waals surface area contributed by atoms with E-state index in [2.05, 4.69) is 26.8 Å². The van der Waals surface area contributed by atoms with Crippen molar-refractivity contribution in [3.63, 3.8) is 0 Å². The number of likely N-dealkylation sites (tertiary alicyclic amines) is 1. The number of carbonyl (C=O) groups is 1. The van der Waals surface area contributed by atoms with Crippen molar-refractivity contribution in [3.8, 4) is 0 Å². The molecule has 0 spiro atoms. The molecule has 1 aliphatic heterocycles. The van der Waals surface area contributed by atoms with Crippen LogP contribution in [0.1, 0.15) is 46.8 Å². The Kier molecular flexibility index (Phi) is 6.49. The summed E-state index contributed by atoms with van der Waals surface area (Å²) in [5, 5.41) is 0. The third-order valence-corrected chi connectivity index (χ3v) is 5.20. The molecule has 114 valence electrons. The molecule has 1 aromatic heterocycles. The highest BCUT2D eigenvalue weighted by molar-refractivity contribution is 7.14. The first-order valence-electron chi connectivity index (χ1n) is 7.17. The highest BCUT2D eigenvalue weighted by Gasteiger charge is 2.30. The molecule has 1 aliphatic rings. The van der Waals surface area contributed by atoms with E-state index in [4.69, 9.17) is 5.73 Å². The normalized spacial score (nSPS) is 22.5. The molecular weight excluding hydrogens is 292 g/mol. The monoisotopic (exact) mass is 316 g/mol. The fourth-order valence-electron chi connectivity index (χ4n) is 2.86. The lowest BCUT2D eigenvalue weighted by atomic mass is 9.92. The first kappa shape index (κ1) is 17.5. The molecule has 5 heteroatoms. The maximum Gasteiger partial charge on any atom is 0.264 e. The van der Waals surface area contributed by atoms with Crippen molar-refractivity contribution in [1.29, 1.82) is 0 Å². The summed E-state index contributed by atoms with van der Waals surface area (Å²) in [4.78, 5) is 16.8. The van der Waals surface area contributed by atoms with E-state index in [1.807, 2.05) is 4.90 Å². The largest absolute Gasteiger partial charge is 0.334 e. The standard InChI is InChI=1S/C15H24N2OS.ClH/c1-4-12-8-14(19-11(12)3)15(18)17-6-5-10(2)7-13(17)9-16;/h8,10,13H,4-7,9,16H2,1-3H3;1H. The van der Waals surface area contributed by atoms with Gasteiger partial charge in [-0.3, -0.25) is 4.79 Å². The Bertz CT molecular complexity index is 461. The first-order valence-corrected chi connectivity index (χ1v) is 7.98. The second-order valence-corrected chi connectivity index (χ2v) is 6.82. The molecule has 2 N–H and O–H groups in total. The minimum absolute atomic E-state index is 0. The van der Waals surface area contributed by atoms with E-state index in [-0.39, 0.29) is 24.4 Å². The van der Waals surface area contributed by atoms with Gasteiger partial charge in [-0.05, 0) is 43.7 Å². The molecule has 2 heterocycles. The third-order valence-electron chi connectivity index (χ3n) is 4.12. The van der Waals surface area contributed by atoms with Gasteiger partial charge < -0.3 is 10.6 Å². The number of rotatable bonds is 3. The molecule has 0 aromatic carbocycles. The molecule has 2 rings (SSSR count). The predicted molar refractivity (Wildman–Crippen MR) is 88.0 cm³/mol. The van der Waals surface area contributed by atoms with Crippen LogP contribution in [0.2, 0.25) is 0 Å². The smallest absolute Gasteiger partial charge is 0.264 e. The molecule has 0 aliphatic carbocycles. The number of piperidine rings is 1. The van der Waals surface area contributed by atoms with E-state index in [1.165, 1.54) is 10.4 Å². The van der Waals surface area contributed by atoms with Gasteiger partial charge >= 0.3 is 0 Å². The van der Waals surface area contributed by atoms with Crippen LogP contribution in [0, 0.1) is 12.8 Å². The van der Waals surface area contributed by atoms with Gasteiger partial charge in [0.25, 0.3) is 5.91 Å². The molecule has 2 atom stereocenters. The minimum Gasteiger partial charge on any atom is -0.334 e. The van der Waals surface area contributed by atoms with E-state index in [0.29, 0.717) is 12.5 Å². The molecule has 0 radical (unpaired) electrons. The number of amides is 1. The average Bonchev–Trinajstić information content (AvgIpc) is 2.79. The number of aryl methyl sites for hydroxylation is 2. The van der Waals surface area contributed by atoms with Crippen LogP contribution >= 0.6 is 23.7 Å². The Morgan fingerprint density at radius 2 is 2.25 bits per heavy atom. The lowest BCUT2D eigenvalue weighted by Crippen LogP contribution is -2.49. The number of carbonyl (C=O) groups excluding carboxylic acids is 1. The van der Waals surface area contributed by atoms with Crippen molar-refractivity contribution in [2.45, 2.75) is 46.1 Å². The number of hydrogen-bond acceptors (Lipinski definition) is 3. The lowest BCUT2D eigenvalue weighted by molar-refractivity contribution is 0.0578. The topological polar surface area (TPSA) is 46.3 Å². The molecule has 1 fully saturated rings. The fraction of sp³-hybridized carbons (Fsp3) is 0.667. The van der Waals surface area contributed by atoms with Gasteiger partial charge in [0, 0.05) is 24.0 Å². The average molecular weight is 317 g/mol. The van der Waals surface area contributed by atoms with Crippen LogP contribution < -0.4 is 5.73 Å². The zero-order valence-corrected chi connectivity index (χ0v) is 14.1. The highest BCUT2D eigenvalue weighted by Crippen LogP contribution is 2.28. The molecular formula is C15H25ClN2OS. The number of hydrogen-bond donors (Lipinski definition) is 1. The van der Waals surface area contributed by atoms with Gasteiger partial charge in [0.1, 0.15) is 0 Å². The van der Waals surface area contributed by atoms with Gasteiger partial charge in [-0.15, -0.1) is 23.7 Å². The predicted octanol–water partition coefficient (Wildman–Crippen LogP) is 3.24. The van der Waals surface area contributed by atoms with Crippen LogP contribution in [0.4, 0.5) is 0 Å². The quantitative estimate of drug-likeness (QED) is 0.930. The number of halogens is 1. The molecule has 0 bridgehead atoms. The first-order chi connectivity index (χ1) is 9.06. The van der Waals surface area contributed by atoms with E-state index in [9.17, 15) is 4.79 Å². The van der Waals surface area contributed by atoms with Gasteiger partial charge in [-0.25, -0.2) is 0 Å². The van der Waals surface area contributed by atoms with Crippen molar-refractivity contribution in [2.75, 3.05) is 13.1 Å². The van der Waals surface area contributed by atoms with Crippen molar-refractivity contribution in [1.82, 2.24) is 4.90 Å². The highest BCUT2D eigenvalue weighted by atomic mass is 35.5. The Balaban J connectivity index is 0.00000200. The summed E-state index contributed by atoms with van der Waals surface area (Å²) in [6, 6.07) is 2.28. The molecule has 1 amide bonds. The summed E-state index contributed by atoms with van der Waals surface area (Å²) in [5.41, 5.74) is 7.14. The summed E-state index contributed by atoms with van der Waals surface area (Å²) in [6.07, 6.45) is 3.12.